The molecule has 5 aliphatic heterocycles. The molecule has 0 bridgehead atoms. The van der Waals surface area contributed by atoms with E-state index in [9.17, 15) is 19.2 Å². The summed E-state index contributed by atoms with van der Waals surface area (Å²) in [7, 11) is 0. The molecule has 2 atom stereocenters. The fourth-order valence-corrected chi connectivity index (χ4v) is 9.84. The highest BCUT2D eigenvalue weighted by Crippen LogP contribution is 2.33. The van der Waals surface area contributed by atoms with Gasteiger partial charge in [0.05, 0.1) is 18.8 Å². The Morgan fingerprint density at radius 2 is 1.72 bits per heavy atom. The highest BCUT2D eigenvalue weighted by molar-refractivity contribution is 5.96. The first-order valence-corrected chi connectivity index (χ1v) is 21.5. The molecule has 0 saturated carbocycles. The molecule has 2 aromatic heterocycles. The Labute approximate surface area is 349 Å². The average Bonchev–Trinajstić information content (AvgIpc) is 3.70. The minimum atomic E-state index is -0.652. The van der Waals surface area contributed by atoms with Gasteiger partial charge in [-0.2, -0.15) is 0 Å². The maximum Gasteiger partial charge on any atom is 0.410 e. The van der Waals surface area contributed by atoms with Gasteiger partial charge in [0.1, 0.15) is 18.5 Å². The van der Waals surface area contributed by atoms with Crippen molar-refractivity contribution < 1.29 is 19.1 Å². The summed E-state index contributed by atoms with van der Waals surface area (Å²) in [6, 6.07) is 16.0. The molecule has 5 fully saturated rings. The lowest BCUT2D eigenvalue weighted by Crippen LogP contribution is -2.48. The van der Waals surface area contributed by atoms with E-state index < -0.39 is 11.9 Å². The summed E-state index contributed by atoms with van der Waals surface area (Å²) in [6.45, 7) is 11.5. The molecule has 1 unspecified atom stereocenters. The number of cyclic esters (lactones) is 1. The van der Waals surface area contributed by atoms with Crippen LogP contribution in [-0.4, -0.2) is 107 Å². The van der Waals surface area contributed by atoms with Crippen LogP contribution in [0.4, 0.5) is 27.8 Å². The van der Waals surface area contributed by atoms with E-state index in [1.807, 2.05) is 24.3 Å². The van der Waals surface area contributed by atoms with Crippen LogP contribution in [0.25, 0.3) is 10.8 Å². The summed E-state index contributed by atoms with van der Waals surface area (Å²) in [6.07, 6.45) is 10.6. The molecule has 0 spiro atoms. The molecule has 3 amide bonds. The van der Waals surface area contributed by atoms with E-state index in [1.54, 1.807) is 21.9 Å². The Bertz CT molecular complexity index is 2330. The molecular formula is C45H54N10O5. The van der Waals surface area contributed by atoms with Gasteiger partial charge in [0, 0.05) is 61.4 Å². The summed E-state index contributed by atoms with van der Waals surface area (Å²) in [5, 5.41) is 7.63. The number of fused-ring (bicyclic) bond motifs is 1. The maximum absolute atomic E-state index is 13.4. The smallest absolute Gasteiger partial charge is 0.410 e. The van der Waals surface area contributed by atoms with E-state index in [2.05, 4.69) is 61.2 Å². The van der Waals surface area contributed by atoms with Gasteiger partial charge in [-0.15, -0.1) is 0 Å². The highest BCUT2D eigenvalue weighted by Gasteiger charge is 2.34. The number of pyridine rings is 1. The number of anilines is 4. The van der Waals surface area contributed by atoms with E-state index in [4.69, 9.17) is 15.5 Å². The Kier molecular flexibility index (Phi) is 11.2. The lowest BCUT2D eigenvalue weighted by Gasteiger charge is -2.38. The number of benzene rings is 2. The number of ether oxygens (including phenoxy) is 1. The number of hydrogen-bond donors (Lipinski definition) is 3. The van der Waals surface area contributed by atoms with Gasteiger partial charge in [0.2, 0.25) is 5.91 Å². The van der Waals surface area contributed by atoms with Gasteiger partial charge in [-0.25, -0.2) is 14.8 Å². The van der Waals surface area contributed by atoms with Crippen molar-refractivity contribution in [1.29, 1.82) is 0 Å². The predicted molar refractivity (Wildman–Crippen MR) is 231 cm³/mol. The molecule has 4 aromatic rings. The zero-order valence-corrected chi connectivity index (χ0v) is 34.1. The van der Waals surface area contributed by atoms with Crippen molar-refractivity contribution in [3.05, 3.63) is 94.8 Å². The highest BCUT2D eigenvalue weighted by atomic mass is 16.6. The maximum atomic E-state index is 13.4. The lowest BCUT2D eigenvalue weighted by atomic mass is 9.88. The Balaban J connectivity index is 0.756. The van der Waals surface area contributed by atoms with Crippen molar-refractivity contribution in [2.45, 2.75) is 69.4 Å². The van der Waals surface area contributed by atoms with Crippen LogP contribution < -0.4 is 31.7 Å². The van der Waals surface area contributed by atoms with Crippen LogP contribution >= 0.6 is 0 Å². The summed E-state index contributed by atoms with van der Waals surface area (Å²) < 4.78 is 6.74. The fraction of sp³-hybridized carbons (Fsp3) is 0.467. The van der Waals surface area contributed by atoms with Gasteiger partial charge in [0.15, 0.2) is 11.5 Å². The molecule has 15 heteroatoms. The fourth-order valence-electron chi connectivity index (χ4n) is 9.84. The van der Waals surface area contributed by atoms with Crippen molar-refractivity contribution >= 4 is 51.7 Å². The molecule has 314 valence electrons. The number of nitrogens with two attached hydrogens (primary N) is 1. The number of amides is 3. The Hall–Kier alpha value is -5.96. The number of nitrogens with one attached hydrogen (secondary N) is 2. The van der Waals surface area contributed by atoms with Gasteiger partial charge < -0.3 is 45.3 Å². The summed E-state index contributed by atoms with van der Waals surface area (Å²) in [5.41, 5.74) is 9.61. The predicted octanol–water partition coefficient (Wildman–Crippen LogP) is 5.12. The quantitative estimate of drug-likeness (QED) is 0.194. The normalized spacial score (nSPS) is 22.3. The lowest BCUT2D eigenvalue weighted by molar-refractivity contribution is -0.124. The zero-order chi connectivity index (χ0) is 41.3. The third-order valence-corrected chi connectivity index (χ3v) is 13.2. The van der Waals surface area contributed by atoms with Crippen LogP contribution in [0.2, 0.25) is 0 Å². The van der Waals surface area contributed by atoms with Crippen molar-refractivity contribution in [2.24, 2.45) is 11.7 Å². The summed E-state index contributed by atoms with van der Waals surface area (Å²) in [4.78, 5) is 68.7. The number of piperidine rings is 4. The largest absolute Gasteiger partial charge is 0.448 e. The van der Waals surface area contributed by atoms with Crippen LogP contribution in [0.5, 0.6) is 0 Å². The number of primary amides is 1. The number of carbonyl (C=O) groups is 3. The third kappa shape index (κ3) is 8.27. The van der Waals surface area contributed by atoms with E-state index in [0.717, 1.165) is 94.6 Å². The van der Waals surface area contributed by atoms with Crippen LogP contribution in [0.3, 0.4) is 0 Å². The topological polar surface area (TPSA) is 171 Å². The first-order valence-electron chi connectivity index (χ1n) is 21.5. The number of carbonyl (C=O) groups excluding carboxylic acids is 3. The molecule has 0 radical (unpaired) electrons. The first-order chi connectivity index (χ1) is 29.2. The van der Waals surface area contributed by atoms with E-state index in [0.29, 0.717) is 67.1 Å². The third-order valence-electron chi connectivity index (χ3n) is 13.2. The molecule has 9 rings (SSSR count). The molecule has 5 saturated heterocycles. The Morgan fingerprint density at radius 1 is 0.917 bits per heavy atom. The van der Waals surface area contributed by atoms with E-state index in [-0.39, 0.29) is 29.3 Å². The van der Waals surface area contributed by atoms with Gasteiger partial charge in [0.25, 0.3) is 11.5 Å². The second-order valence-corrected chi connectivity index (χ2v) is 17.0. The molecule has 15 nitrogen and oxygen atoms in total. The second-order valence-electron chi connectivity index (χ2n) is 17.0. The molecule has 4 N–H and O–H groups in total. The average molecular weight is 815 g/mol. The minimum Gasteiger partial charge on any atom is -0.448 e. The van der Waals surface area contributed by atoms with Gasteiger partial charge >= 0.3 is 6.09 Å². The van der Waals surface area contributed by atoms with Crippen LogP contribution in [0, 0.1) is 5.92 Å². The standard InChI is InChI=1S/C45H54N10O5/c1-29-4-11-38(43(57)48-29)55-22-16-33-25-35(9-10-37(33)44(55)58)52-20-12-30(13-21-52)27-51-18-14-32(15-19-51)31-5-7-34(8-6-31)49-42-40(41(46)56)47-26-39(50-42)53-17-2-3-36(28-53)54-23-24-60-45(54)59/h5-10,16,22,25-26,30,32,36,38H,1-4,11-15,17-21,23-24,27-28H2,(H2,46,56)(H,48,57)(H,49,50)/t36-,38?/m1/s1. The SMILES string of the molecule is C=C1CCC(n2ccc3cc(N4CCC(CN5CCC(c6ccc(Nc7nc(N8CCC[C@@H](N9CCOC9=O)C8)cnc7C(N)=O)cc6)CC5)CC4)ccc3c2=O)C(=O)N1. The van der Waals surface area contributed by atoms with Crippen molar-refractivity contribution in [2.75, 3.05) is 74.1 Å². The van der Waals surface area contributed by atoms with E-state index >= 15 is 0 Å². The molecule has 2 aromatic carbocycles. The molecule has 60 heavy (non-hydrogen) atoms. The number of aromatic nitrogens is 3. The second kappa shape index (κ2) is 17.0. The minimum absolute atomic E-state index is 0.0385. The zero-order valence-electron chi connectivity index (χ0n) is 34.1. The van der Waals surface area contributed by atoms with Crippen molar-refractivity contribution in [3.8, 4) is 0 Å². The number of hydrogen-bond acceptors (Lipinski definition) is 11. The molecule has 0 aliphatic carbocycles. The van der Waals surface area contributed by atoms with Crippen molar-refractivity contribution in [1.82, 2.24) is 29.7 Å². The first kappa shape index (κ1) is 39.5. The Morgan fingerprint density at radius 3 is 2.45 bits per heavy atom. The molecule has 5 aliphatic rings. The van der Waals surface area contributed by atoms with Crippen LogP contribution in [-0.2, 0) is 9.53 Å². The number of allylic oxidation sites excluding steroid dienone is 1. The molecule has 7 heterocycles. The summed E-state index contributed by atoms with van der Waals surface area (Å²) in [5.74, 6) is 1.26. The van der Waals surface area contributed by atoms with Gasteiger partial charge in [-0.1, -0.05) is 18.7 Å². The monoisotopic (exact) mass is 814 g/mol. The number of nitrogens with zero attached hydrogens (tertiary/aromatic N) is 7. The van der Waals surface area contributed by atoms with Crippen molar-refractivity contribution in [3.63, 3.8) is 0 Å². The van der Waals surface area contributed by atoms with Crippen LogP contribution in [0.1, 0.15) is 79.4 Å². The summed E-state index contributed by atoms with van der Waals surface area (Å²) >= 11 is 0. The van der Waals surface area contributed by atoms with Crippen LogP contribution in [0.15, 0.2) is 78.0 Å². The number of likely N-dealkylation sites (tertiary alicyclic amines) is 1. The van der Waals surface area contributed by atoms with Gasteiger partial charge in [-0.3, -0.25) is 14.4 Å². The molecular weight excluding hydrogens is 761 g/mol. The van der Waals surface area contributed by atoms with E-state index in [1.165, 1.54) is 5.56 Å². The number of rotatable bonds is 10. The van der Waals surface area contributed by atoms with Gasteiger partial charge in [-0.05, 0) is 124 Å².